The summed E-state index contributed by atoms with van der Waals surface area (Å²) in [6.45, 7) is 5.20. The Morgan fingerprint density at radius 1 is 1.24 bits per heavy atom. The Balaban J connectivity index is 2.73. The molecule has 1 aromatic heterocycles. The highest BCUT2D eigenvalue weighted by molar-refractivity contribution is 5.40. The van der Waals surface area contributed by atoms with Crippen molar-refractivity contribution in [2.24, 2.45) is 0 Å². The van der Waals surface area contributed by atoms with Crippen molar-refractivity contribution in [2.75, 3.05) is 38.6 Å². The molecule has 17 heavy (non-hydrogen) atoms. The molecular formula is C13H23N3O. The summed E-state index contributed by atoms with van der Waals surface area (Å²) in [4.78, 5) is 8.81. The Labute approximate surface area is 104 Å². The van der Waals surface area contributed by atoms with E-state index in [4.69, 9.17) is 5.11 Å². The van der Waals surface area contributed by atoms with Crippen molar-refractivity contribution in [3.8, 4) is 0 Å². The van der Waals surface area contributed by atoms with Gasteiger partial charge in [-0.2, -0.15) is 0 Å². The molecule has 0 fully saturated rings. The van der Waals surface area contributed by atoms with Gasteiger partial charge in [-0.15, -0.1) is 0 Å². The highest BCUT2D eigenvalue weighted by Crippen LogP contribution is 2.13. The summed E-state index contributed by atoms with van der Waals surface area (Å²) < 4.78 is 0. The SMILES string of the molecule is CCCN(CCN(C)C)c1cc(CO)ccn1. The molecular weight excluding hydrogens is 214 g/mol. The zero-order valence-electron chi connectivity index (χ0n) is 11.1. The van der Waals surface area contributed by atoms with Crippen molar-refractivity contribution >= 4 is 5.82 Å². The number of aliphatic hydroxyl groups is 1. The third kappa shape index (κ3) is 4.71. The van der Waals surface area contributed by atoms with Crippen molar-refractivity contribution in [1.82, 2.24) is 9.88 Å². The molecule has 96 valence electrons. The topological polar surface area (TPSA) is 39.6 Å². The van der Waals surface area contributed by atoms with Gasteiger partial charge in [-0.25, -0.2) is 4.98 Å². The highest BCUT2D eigenvalue weighted by Gasteiger charge is 2.07. The van der Waals surface area contributed by atoms with Gasteiger partial charge < -0.3 is 14.9 Å². The molecule has 0 aromatic carbocycles. The average Bonchev–Trinajstić information content (AvgIpc) is 2.34. The van der Waals surface area contributed by atoms with Gasteiger partial charge in [-0.3, -0.25) is 0 Å². The third-order valence-electron chi connectivity index (χ3n) is 2.63. The molecule has 0 unspecified atom stereocenters. The molecule has 4 heteroatoms. The monoisotopic (exact) mass is 237 g/mol. The van der Waals surface area contributed by atoms with Crippen molar-refractivity contribution in [1.29, 1.82) is 0 Å². The molecule has 0 aliphatic rings. The van der Waals surface area contributed by atoms with Crippen LogP contribution < -0.4 is 4.90 Å². The molecule has 0 spiro atoms. The smallest absolute Gasteiger partial charge is 0.128 e. The maximum atomic E-state index is 9.14. The summed E-state index contributed by atoms with van der Waals surface area (Å²) in [5.41, 5.74) is 0.918. The van der Waals surface area contributed by atoms with Crippen LogP contribution in [0.3, 0.4) is 0 Å². The fourth-order valence-corrected chi connectivity index (χ4v) is 1.66. The number of pyridine rings is 1. The molecule has 0 atom stereocenters. The number of aliphatic hydroxyl groups excluding tert-OH is 1. The number of likely N-dealkylation sites (N-methyl/N-ethyl adjacent to an activating group) is 1. The van der Waals surface area contributed by atoms with E-state index in [1.807, 2.05) is 12.1 Å². The first-order valence-corrected chi connectivity index (χ1v) is 6.12. The van der Waals surface area contributed by atoms with Gasteiger partial charge in [-0.05, 0) is 38.2 Å². The number of nitrogens with zero attached hydrogens (tertiary/aromatic N) is 3. The summed E-state index contributed by atoms with van der Waals surface area (Å²) >= 11 is 0. The predicted molar refractivity (Wildman–Crippen MR) is 71.2 cm³/mol. The number of hydrogen-bond donors (Lipinski definition) is 1. The zero-order chi connectivity index (χ0) is 12.7. The molecule has 1 heterocycles. The van der Waals surface area contributed by atoms with Crippen molar-refractivity contribution in [3.05, 3.63) is 23.9 Å². The largest absolute Gasteiger partial charge is 0.392 e. The summed E-state index contributed by atoms with van der Waals surface area (Å²) in [6.07, 6.45) is 2.86. The van der Waals surface area contributed by atoms with E-state index < -0.39 is 0 Å². The minimum absolute atomic E-state index is 0.0726. The Morgan fingerprint density at radius 3 is 2.59 bits per heavy atom. The van der Waals surface area contributed by atoms with Crippen LogP contribution in [0.5, 0.6) is 0 Å². The van der Waals surface area contributed by atoms with Crippen LogP contribution in [0.15, 0.2) is 18.3 Å². The van der Waals surface area contributed by atoms with Gasteiger partial charge in [0, 0.05) is 25.8 Å². The van der Waals surface area contributed by atoms with Crippen LogP contribution in [0.4, 0.5) is 5.82 Å². The van der Waals surface area contributed by atoms with E-state index in [-0.39, 0.29) is 6.61 Å². The van der Waals surface area contributed by atoms with Crippen LogP contribution in [0.25, 0.3) is 0 Å². The first kappa shape index (κ1) is 13.9. The van der Waals surface area contributed by atoms with Crippen molar-refractivity contribution in [3.63, 3.8) is 0 Å². The first-order valence-electron chi connectivity index (χ1n) is 6.12. The maximum Gasteiger partial charge on any atom is 0.128 e. The second-order valence-corrected chi connectivity index (χ2v) is 4.47. The lowest BCUT2D eigenvalue weighted by Crippen LogP contribution is -2.32. The quantitative estimate of drug-likeness (QED) is 0.777. The van der Waals surface area contributed by atoms with E-state index in [0.717, 1.165) is 37.4 Å². The molecule has 0 saturated heterocycles. The molecule has 1 rings (SSSR count). The fourth-order valence-electron chi connectivity index (χ4n) is 1.66. The lowest BCUT2D eigenvalue weighted by molar-refractivity contribution is 0.281. The second-order valence-electron chi connectivity index (χ2n) is 4.47. The van der Waals surface area contributed by atoms with Crippen LogP contribution in [0.1, 0.15) is 18.9 Å². The Bertz CT molecular complexity index is 328. The average molecular weight is 237 g/mol. The number of anilines is 1. The van der Waals surface area contributed by atoms with E-state index in [2.05, 4.69) is 35.8 Å². The maximum absolute atomic E-state index is 9.14. The van der Waals surface area contributed by atoms with Crippen LogP contribution in [0.2, 0.25) is 0 Å². The van der Waals surface area contributed by atoms with E-state index in [1.165, 1.54) is 0 Å². The van der Waals surface area contributed by atoms with Gasteiger partial charge in [0.25, 0.3) is 0 Å². The molecule has 4 nitrogen and oxygen atoms in total. The van der Waals surface area contributed by atoms with Gasteiger partial charge >= 0.3 is 0 Å². The third-order valence-corrected chi connectivity index (χ3v) is 2.63. The Hall–Kier alpha value is -1.13. The molecule has 0 amide bonds. The Morgan fingerprint density at radius 2 is 2.00 bits per heavy atom. The molecule has 0 radical (unpaired) electrons. The molecule has 1 N–H and O–H groups in total. The number of hydrogen-bond acceptors (Lipinski definition) is 4. The molecule has 0 saturated carbocycles. The van der Waals surface area contributed by atoms with Crippen LogP contribution in [-0.4, -0.2) is 48.7 Å². The molecule has 0 aliphatic heterocycles. The van der Waals surface area contributed by atoms with Gasteiger partial charge in [0.15, 0.2) is 0 Å². The van der Waals surface area contributed by atoms with Crippen LogP contribution >= 0.6 is 0 Å². The summed E-state index contributed by atoms with van der Waals surface area (Å²) in [5, 5.41) is 9.14. The first-order chi connectivity index (χ1) is 8.17. The number of aromatic nitrogens is 1. The predicted octanol–water partition coefficient (Wildman–Crippen LogP) is 1.35. The second kappa shape index (κ2) is 7.25. The van der Waals surface area contributed by atoms with Gasteiger partial charge in [0.2, 0.25) is 0 Å². The zero-order valence-corrected chi connectivity index (χ0v) is 11.1. The van der Waals surface area contributed by atoms with Crippen molar-refractivity contribution in [2.45, 2.75) is 20.0 Å². The van der Waals surface area contributed by atoms with E-state index in [1.54, 1.807) is 6.20 Å². The number of rotatable bonds is 7. The lowest BCUT2D eigenvalue weighted by atomic mass is 10.2. The molecule has 0 aliphatic carbocycles. The van der Waals surface area contributed by atoms with E-state index >= 15 is 0 Å². The van der Waals surface area contributed by atoms with Crippen molar-refractivity contribution < 1.29 is 5.11 Å². The summed E-state index contributed by atoms with van der Waals surface area (Å²) in [7, 11) is 4.14. The molecule has 1 aromatic rings. The van der Waals surface area contributed by atoms with Crippen LogP contribution in [-0.2, 0) is 6.61 Å². The van der Waals surface area contributed by atoms with Gasteiger partial charge in [0.05, 0.1) is 6.61 Å². The summed E-state index contributed by atoms with van der Waals surface area (Å²) in [5.74, 6) is 0.959. The standard InChI is InChI=1S/C13H23N3O/c1-4-7-16(9-8-15(2)3)13-10-12(11-17)5-6-14-13/h5-6,10,17H,4,7-9,11H2,1-3H3. The van der Waals surface area contributed by atoms with Crippen LogP contribution in [0, 0.1) is 0 Å². The lowest BCUT2D eigenvalue weighted by Gasteiger charge is -2.25. The summed E-state index contributed by atoms with van der Waals surface area (Å²) in [6, 6.07) is 3.81. The van der Waals surface area contributed by atoms with Gasteiger partial charge in [-0.1, -0.05) is 6.92 Å². The van der Waals surface area contributed by atoms with E-state index in [9.17, 15) is 0 Å². The Kier molecular flexibility index (Phi) is 5.94. The van der Waals surface area contributed by atoms with E-state index in [0.29, 0.717) is 0 Å². The highest BCUT2D eigenvalue weighted by atomic mass is 16.3. The molecule has 0 bridgehead atoms. The van der Waals surface area contributed by atoms with Gasteiger partial charge in [0.1, 0.15) is 5.82 Å². The fraction of sp³-hybridized carbons (Fsp3) is 0.615. The normalized spacial score (nSPS) is 10.9. The minimum atomic E-state index is 0.0726. The minimum Gasteiger partial charge on any atom is -0.392 e.